The van der Waals surface area contributed by atoms with Crippen LogP contribution in [0.15, 0.2) is 30.6 Å². The van der Waals surface area contributed by atoms with E-state index in [1.807, 2.05) is 16.8 Å². The Morgan fingerprint density at radius 3 is 2.79 bits per heavy atom. The van der Waals surface area contributed by atoms with E-state index in [1.54, 1.807) is 6.20 Å². The quantitative estimate of drug-likeness (QED) is 0.702. The van der Waals surface area contributed by atoms with Gasteiger partial charge in [-0.2, -0.15) is 23.4 Å². The third-order valence-electron chi connectivity index (χ3n) is 6.03. The largest absolute Gasteiger partial charge is 0.419 e. The molecule has 2 aliphatic heterocycles. The van der Waals surface area contributed by atoms with Crippen LogP contribution in [0.5, 0.6) is 0 Å². The van der Waals surface area contributed by atoms with Crippen molar-refractivity contribution in [2.75, 3.05) is 18.8 Å². The SMILES string of the molecule is Nc1ncc(-c2cc3n(n2)CCC32CCN(Cc3ccn[nH]3)C2)cc1C(F)(F)F. The van der Waals surface area contributed by atoms with E-state index < -0.39 is 17.6 Å². The predicted molar refractivity (Wildman–Crippen MR) is 99.6 cm³/mol. The van der Waals surface area contributed by atoms with Crippen molar-refractivity contribution in [3.05, 3.63) is 47.5 Å². The first-order valence-corrected chi connectivity index (χ1v) is 9.46. The molecule has 0 aliphatic carbocycles. The summed E-state index contributed by atoms with van der Waals surface area (Å²) in [7, 11) is 0. The molecule has 0 amide bonds. The van der Waals surface area contributed by atoms with Gasteiger partial charge in [-0.1, -0.05) is 0 Å². The zero-order valence-corrected chi connectivity index (χ0v) is 15.6. The van der Waals surface area contributed by atoms with Crippen LogP contribution >= 0.6 is 0 Å². The van der Waals surface area contributed by atoms with E-state index in [2.05, 4.69) is 25.2 Å². The summed E-state index contributed by atoms with van der Waals surface area (Å²) in [6.45, 7) is 3.42. The molecule has 3 aromatic heterocycles. The van der Waals surface area contributed by atoms with Crippen LogP contribution in [0.4, 0.5) is 19.0 Å². The van der Waals surface area contributed by atoms with Crippen LogP contribution in [0.1, 0.15) is 29.8 Å². The molecule has 5 heterocycles. The first-order valence-electron chi connectivity index (χ1n) is 9.46. The first-order chi connectivity index (χ1) is 13.8. The molecule has 1 unspecified atom stereocenters. The van der Waals surface area contributed by atoms with E-state index >= 15 is 0 Å². The van der Waals surface area contributed by atoms with Crippen molar-refractivity contribution in [1.29, 1.82) is 0 Å². The Hall–Kier alpha value is -2.88. The van der Waals surface area contributed by atoms with Crippen molar-refractivity contribution in [3.63, 3.8) is 0 Å². The minimum Gasteiger partial charge on any atom is -0.383 e. The molecule has 0 saturated carbocycles. The molecule has 0 aromatic carbocycles. The van der Waals surface area contributed by atoms with Crippen LogP contribution in [-0.4, -0.2) is 43.0 Å². The number of fused-ring (bicyclic) bond motifs is 2. The van der Waals surface area contributed by atoms with Gasteiger partial charge in [-0.05, 0) is 37.6 Å². The van der Waals surface area contributed by atoms with Gasteiger partial charge in [0.1, 0.15) is 5.82 Å². The summed E-state index contributed by atoms with van der Waals surface area (Å²) in [5.74, 6) is -0.519. The Kier molecular flexibility index (Phi) is 3.95. The normalized spacial score (nSPS) is 21.9. The molecule has 3 N–H and O–H groups in total. The van der Waals surface area contributed by atoms with Gasteiger partial charge < -0.3 is 5.73 Å². The summed E-state index contributed by atoms with van der Waals surface area (Å²) in [6.07, 6.45) is 0.542. The molecule has 5 rings (SSSR count). The molecule has 1 spiro atoms. The average Bonchev–Trinajstić information content (AvgIpc) is 3.43. The van der Waals surface area contributed by atoms with Crippen LogP contribution < -0.4 is 5.73 Å². The standard InChI is InChI=1S/C19H20F3N7/c20-19(21,22)14-7-12(9-24-17(14)23)15-8-16-18(3-6-29(16)27-15)2-5-28(11-18)10-13-1-4-25-26-13/h1,4,7-9H,2-3,5-6,10-11H2,(H2,23,24)(H,25,26). The Bertz CT molecular complexity index is 1040. The van der Waals surface area contributed by atoms with E-state index in [4.69, 9.17) is 5.73 Å². The number of alkyl halides is 3. The van der Waals surface area contributed by atoms with E-state index in [0.717, 1.165) is 56.5 Å². The number of hydrogen-bond acceptors (Lipinski definition) is 5. The summed E-state index contributed by atoms with van der Waals surface area (Å²) in [4.78, 5) is 6.12. The van der Waals surface area contributed by atoms with Crippen molar-refractivity contribution in [2.24, 2.45) is 0 Å². The lowest BCUT2D eigenvalue weighted by molar-refractivity contribution is -0.137. The van der Waals surface area contributed by atoms with Gasteiger partial charge in [-0.3, -0.25) is 14.7 Å². The second kappa shape index (κ2) is 6.31. The molecule has 0 bridgehead atoms. The van der Waals surface area contributed by atoms with Crippen LogP contribution in [0, 0.1) is 0 Å². The fourth-order valence-corrected chi connectivity index (χ4v) is 4.57. The van der Waals surface area contributed by atoms with Crippen molar-refractivity contribution < 1.29 is 13.2 Å². The number of likely N-dealkylation sites (tertiary alicyclic amines) is 1. The number of H-pyrrole nitrogens is 1. The van der Waals surface area contributed by atoms with E-state index in [9.17, 15) is 13.2 Å². The van der Waals surface area contributed by atoms with Gasteiger partial charge >= 0.3 is 6.18 Å². The lowest BCUT2D eigenvalue weighted by Crippen LogP contribution is -2.29. The van der Waals surface area contributed by atoms with Crippen LogP contribution in [-0.2, 0) is 24.7 Å². The van der Waals surface area contributed by atoms with E-state index in [0.29, 0.717) is 11.3 Å². The number of nitrogens with zero attached hydrogens (tertiary/aromatic N) is 5. The zero-order valence-electron chi connectivity index (χ0n) is 15.6. The molecule has 1 saturated heterocycles. The highest BCUT2D eigenvalue weighted by Crippen LogP contribution is 2.44. The van der Waals surface area contributed by atoms with Crippen LogP contribution in [0.25, 0.3) is 11.3 Å². The third kappa shape index (κ3) is 3.07. The van der Waals surface area contributed by atoms with Crippen molar-refractivity contribution in [2.45, 2.75) is 37.5 Å². The topological polar surface area (TPSA) is 88.7 Å². The number of halogens is 3. The smallest absolute Gasteiger partial charge is 0.383 e. The summed E-state index contributed by atoms with van der Waals surface area (Å²) in [5, 5.41) is 11.6. The van der Waals surface area contributed by atoms with Crippen molar-refractivity contribution in [1.82, 2.24) is 29.9 Å². The highest BCUT2D eigenvalue weighted by Gasteiger charge is 2.45. The third-order valence-corrected chi connectivity index (χ3v) is 6.03. The first kappa shape index (κ1) is 18.2. The summed E-state index contributed by atoms with van der Waals surface area (Å²) < 4.78 is 41.5. The molecule has 10 heteroatoms. The van der Waals surface area contributed by atoms with Gasteiger partial charge in [0.15, 0.2) is 0 Å². The molecular weight excluding hydrogens is 383 g/mol. The molecule has 29 heavy (non-hydrogen) atoms. The Morgan fingerprint density at radius 2 is 2.03 bits per heavy atom. The number of pyridine rings is 1. The highest BCUT2D eigenvalue weighted by molar-refractivity contribution is 5.63. The van der Waals surface area contributed by atoms with Gasteiger partial charge in [0.2, 0.25) is 0 Å². The summed E-state index contributed by atoms with van der Waals surface area (Å²) in [6, 6.07) is 4.92. The summed E-state index contributed by atoms with van der Waals surface area (Å²) >= 11 is 0. The number of aryl methyl sites for hydroxylation is 1. The van der Waals surface area contributed by atoms with Gasteiger partial charge in [0, 0.05) is 54.4 Å². The molecule has 1 atom stereocenters. The molecule has 2 aliphatic rings. The fraction of sp³-hybridized carbons (Fsp3) is 0.421. The number of nitrogens with one attached hydrogen (secondary N) is 1. The Labute approximate surface area is 164 Å². The van der Waals surface area contributed by atoms with Crippen LogP contribution in [0.3, 0.4) is 0 Å². The van der Waals surface area contributed by atoms with Crippen molar-refractivity contribution in [3.8, 4) is 11.3 Å². The van der Waals surface area contributed by atoms with Gasteiger partial charge in [0.05, 0.1) is 11.3 Å². The Balaban J connectivity index is 1.43. The monoisotopic (exact) mass is 403 g/mol. The number of hydrogen-bond donors (Lipinski definition) is 2. The zero-order chi connectivity index (χ0) is 20.2. The molecule has 7 nitrogen and oxygen atoms in total. The average molecular weight is 403 g/mol. The predicted octanol–water partition coefficient (Wildman–Crippen LogP) is 2.82. The molecule has 1 fully saturated rings. The molecule has 152 valence electrons. The van der Waals surface area contributed by atoms with Crippen LogP contribution in [0.2, 0.25) is 0 Å². The van der Waals surface area contributed by atoms with Gasteiger partial charge in [-0.15, -0.1) is 0 Å². The fourth-order valence-electron chi connectivity index (χ4n) is 4.57. The van der Waals surface area contributed by atoms with E-state index in [1.165, 1.54) is 6.20 Å². The Morgan fingerprint density at radius 1 is 1.21 bits per heavy atom. The van der Waals surface area contributed by atoms with Gasteiger partial charge in [-0.25, -0.2) is 4.98 Å². The lowest BCUT2D eigenvalue weighted by atomic mass is 9.82. The number of anilines is 1. The molecule has 3 aromatic rings. The minimum absolute atomic E-state index is 0.0145. The second-order valence-corrected chi connectivity index (χ2v) is 7.87. The maximum Gasteiger partial charge on any atom is 0.419 e. The number of aromatic amines is 1. The maximum absolute atomic E-state index is 13.2. The molecular formula is C19H20F3N7. The highest BCUT2D eigenvalue weighted by atomic mass is 19.4. The second-order valence-electron chi connectivity index (χ2n) is 7.87. The molecule has 0 radical (unpaired) electrons. The number of rotatable bonds is 3. The lowest BCUT2D eigenvalue weighted by Gasteiger charge is -2.23. The van der Waals surface area contributed by atoms with Gasteiger partial charge in [0.25, 0.3) is 0 Å². The summed E-state index contributed by atoms with van der Waals surface area (Å²) in [5.41, 5.74) is 7.47. The number of aromatic nitrogens is 5. The van der Waals surface area contributed by atoms with E-state index in [-0.39, 0.29) is 5.41 Å². The minimum atomic E-state index is -4.55. The van der Waals surface area contributed by atoms with Crippen molar-refractivity contribution >= 4 is 5.82 Å². The number of nitrogen functional groups attached to an aromatic ring is 1. The number of nitrogens with two attached hydrogens (primary N) is 1. The maximum atomic E-state index is 13.2.